The summed E-state index contributed by atoms with van der Waals surface area (Å²) in [5.41, 5.74) is 1.88. The van der Waals surface area contributed by atoms with Crippen LogP contribution in [0, 0.1) is 0 Å². The van der Waals surface area contributed by atoms with Crippen LogP contribution in [0.1, 0.15) is 38.3 Å². The van der Waals surface area contributed by atoms with Crippen molar-refractivity contribution in [3.8, 4) is 0 Å². The van der Waals surface area contributed by atoms with E-state index in [9.17, 15) is 8.42 Å². The summed E-state index contributed by atoms with van der Waals surface area (Å²) < 4.78 is 28.9. The van der Waals surface area contributed by atoms with E-state index in [1.807, 2.05) is 68.4 Å². The van der Waals surface area contributed by atoms with Gasteiger partial charge in [0.2, 0.25) is 0 Å². The zero-order chi connectivity index (χ0) is 20.9. The van der Waals surface area contributed by atoms with Crippen LogP contribution < -0.4 is 4.31 Å². The van der Waals surface area contributed by atoms with E-state index < -0.39 is 15.6 Å². The maximum absolute atomic E-state index is 13.7. The molecule has 0 aliphatic carbocycles. The Morgan fingerprint density at radius 3 is 2.07 bits per heavy atom. The van der Waals surface area contributed by atoms with Gasteiger partial charge < -0.3 is 0 Å². The highest BCUT2D eigenvalue weighted by molar-refractivity contribution is 7.93. The number of hydrogen-bond donors (Lipinski definition) is 0. The number of fused-ring (bicyclic) bond motifs is 1. The minimum Gasteiger partial charge on any atom is -0.260 e. The van der Waals surface area contributed by atoms with Gasteiger partial charge in [0, 0.05) is 10.4 Å². The maximum Gasteiger partial charge on any atom is 0.264 e. The Morgan fingerprint density at radius 2 is 1.41 bits per heavy atom. The minimum atomic E-state index is -3.71. The van der Waals surface area contributed by atoms with Crippen LogP contribution in [0.15, 0.2) is 83.8 Å². The molecule has 3 aromatic rings. The molecule has 1 aliphatic rings. The molecule has 0 bridgehead atoms. The fraction of sp³-hybridized carbons (Fsp3) is 0.250. The van der Waals surface area contributed by atoms with E-state index in [1.54, 1.807) is 28.6 Å². The predicted molar refractivity (Wildman–Crippen MR) is 119 cm³/mol. The number of sulfonamides is 1. The Labute approximate surface area is 178 Å². The number of halogens is 1. The zero-order valence-corrected chi connectivity index (χ0v) is 18.3. The summed E-state index contributed by atoms with van der Waals surface area (Å²) in [5, 5.41) is 0.689. The van der Waals surface area contributed by atoms with Gasteiger partial charge in [-0.1, -0.05) is 67.1 Å². The van der Waals surface area contributed by atoms with Gasteiger partial charge in [-0.2, -0.15) is 0 Å². The average molecular weight is 426 g/mol. The molecule has 0 N–H and O–H groups in total. The third-order valence-electron chi connectivity index (χ3n) is 5.82. The van der Waals surface area contributed by atoms with E-state index in [2.05, 4.69) is 6.92 Å². The van der Waals surface area contributed by atoms with Crippen molar-refractivity contribution in [2.75, 3.05) is 4.31 Å². The third-order valence-corrected chi connectivity index (χ3v) is 8.11. The lowest BCUT2D eigenvalue weighted by Gasteiger charge is -2.51. The van der Waals surface area contributed by atoms with Crippen molar-refractivity contribution >= 4 is 27.3 Å². The van der Waals surface area contributed by atoms with Crippen LogP contribution in [0.4, 0.5) is 5.69 Å². The number of benzene rings is 3. The SMILES string of the molecule is CC1(c2ccc(Cl)cc2)CC(C)(C)N(S(=O)(=O)c2ccccc2)c2ccccc21. The molecule has 150 valence electrons. The van der Waals surface area contributed by atoms with Gasteiger partial charge in [-0.25, -0.2) is 8.42 Å². The van der Waals surface area contributed by atoms with Gasteiger partial charge in [-0.15, -0.1) is 0 Å². The van der Waals surface area contributed by atoms with E-state index in [0.717, 1.165) is 16.8 Å². The van der Waals surface area contributed by atoms with Crippen LogP contribution >= 0.6 is 11.6 Å². The second-order valence-corrected chi connectivity index (χ2v) is 10.7. The Bertz CT molecular complexity index is 1140. The first-order valence-corrected chi connectivity index (χ1v) is 11.4. The highest BCUT2D eigenvalue weighted by Gasteiger charge is 2.49. The maximum atomic E-state index is 13.7. The second-order valence-electron chi connectivity index (χ2n) is 8.43. The molecule has 3 aromatic carbocycles. The number of anilines is 1. The molecule has 3 nitrogen and oxygen atoms in total. The molecule has 1 aliphatic heterocycles. The van der Waals surface area contributed by atoms with Crippen molar-refractivity contribution in [3.05, 3.63) is 95.0 Å². The average Bonchev–Trinajstić information content (AvgIpc) is 2.68. The van der Waals surface area contributed by atoms with Gasteiger partial charge in [-0.05, 0) is 61.7 Å². The lowest BCUT2D eigenvalue weighted by atomic mass is 9.66. The van der Waals surface area contributed by atoms with E-state index >= 15 is 0 Å². The molecule has 0 amide bonds. The first-order chi connectivity index (χ1) is 13.7. The molecule has 4 rings (SSSR count). The minimum absolute atomic E-state index is 0.304. The van der Waals surface area contributed by atoms with Crippen LogP contribution in [0.2, 0.25) is 5.02 Å². The van der Waals surface area contributed by atoms with Gasteiger partial charge in [0.25, 0.3) is 10.0 Å². The van der Waals surface area contributed by atoms with Crippen LogP contribution in [0.5, 0.6) is 0 Å². The fourth-order valence-corrected chi connectivity index (χ4v) is 6.67. The zero-order valence-electron chi connectivity index (χ0n) is 16.8. The Balaban J connectivity index is 1.95. The monoisotopic (exact) mass is 425 g/mol. The molecule has 29 heavy (non-hydrogen) atoms. The van der Waals surface area contributed by atoms with Gasteiger partial charge >= 0.3 is 0 Å². The number of hydrogen-bond acceptors (Lipinski definition) is 2. The summed E-state index contributed by atoms with van der Waals surface area (Å²) in [6.45, 7) is 6.18. The second kappa shape index (κ2) is 6.89. The molecule has 0 spiro atoms. The first-order valence-electron chi connectivity index (χ1n) is 9.62. The molecule has 1 heterocycles. The van der Waals surface area contributed by atoms with Crippen molar-refractivity contribution in [1.82, 2.24) is 0 Å². The van der Waals surface area contributed by atoms with Gasteiger partial charge in [0.05, 0.1) is 16.1 Å². The van der Waals surface area contributed by atoms with Crippen molar-refractivity contribution in [1.29, 1.82) is 0 Å². The summed E-state index contributed by atoms with van der Waals surface area (Å²) in [5.74, 6) is 0. The molecule has 1 unspecified atom stereocenters. The summed E-state index contributed by atoms with van der Waals surface area (Å²) >= 11 is 6.12. The smallest absolute Gasteiger partial charge is 0.260 e. The molecular formula is C24H24ClNO2S. The van der Waals surface area contributed by atoms with Crippen LogP contribution in [-0.4, -0.2) is 14.0 Å². The quantitative estimate of drug-likeness (QED) is 0.514. The predicted octanol–water partition coefficient (Wildman–Crippen LogP) is 6.02. The van der Waals surface area contributed by atoms with Crippen LogP contribution in [0.25, 0.3) is 0 Å². The normalized spacial score (nSPS) is 20.9. The molecule has 5 heteroatoms. The molecular weight excluding hydrogens is 402 g/mol. The summed E-state index contributed by atoms with van der Waals surface area (Å²) in [7, 11) is -3.71. The van der Waals surface area contributed by atoms with E-state index in [1.165, 1.54) is 0 Å². The lowest BCUT2D eigenvalue weighted by molar-refractivity contribution is 0.351. The Hall–Kier alpha value is -2.30. The summed E-state index contributed by atoms with van der Waals surface area (Å²) in [4.78, 5) is 0.304. The summed E-state index contributed by atoms with van der Waals surface area (Å²) in [6.07, 6.45) is 0.644. The standard InChI is InChI=1S/C24H24ClNO2S/c1-23(2)17-24(3,18-13-15-19(25)16-14-18)21-11-7-8-12-22(21)26(23)29(27,28)20-9-5-4-6-10-20/h4-16H,17H2,1-3H3. The molecule has 0 fully saturated rings. The van der Waals surface area contributed by atoms with Crippen molar-refractivity contribution in [2.45, 2.75) is 43.0 Å². The van der Waals surface area contributed by atoms with E-state index in [4.69, 9.17) is 11.6 Å². The number of para-hydroxylation sites is 1. The van der Waals surface area contributed by atoms with Crippen molar-refractivity contribution in [3.63, 3.8) is 0 Å². The lowest BCUT2D eigenvalue weighted by Crippen LogP contribution is -2.55. The highest BCUT2D eigenvalue weighted by Crippen LogP contribution is 2.52. The molecule has 0 saturated carbocycles. The van der Waals surface area contributed by atoms with Crippen molar-refractivity contribution < 1.29 is 8.42 Å². The van der Waals surface area contributed by atoms with Crippen LogP contribution in [-0.2, 0) is 15.4 Å². The van der Waals surface area contributed by atoms with Gasteiger partial charge in [-0.3, -0.25) is 4.31 Å². The highest BCUT2D eigenvalue weighted by atomic mass is 35.5. The number of nitrogens with zero attached hydrogens (tertiary/aromatic N) is 1. The van der Waals surface area contributed by atoms with Gasteiger partial charge in [0.1, 0.15) is 0 Å². The summed E-state index contributed by atoms with van der Waals surface area (Å²) in [6, 6.07) is 24.3. The van der Waals surface area contributed by atoms with E-state index in [-0.39, 0.29) is 5.41 Å². The largest absolute Gasteiger partial charge is 0.264 e. The topological polar surface area (TPSA) is 37.4 Å². The van der Waals surface area contributed by atoms with E-state index in [0.29, 0.717) is 16.3 Å². The van der Waals surface area contributed by atoms with Gasteiger partial charge in [0.15, 0.2) is 0 Å². The molecule has 0 aromatic heterocycles. The first kappa shape index (κ1) is 20.0. The third kappa shape index (κ3) is 3.24. The Morgan fingerprint density at radius 1 is 0.828 bits per heavy atom. The molecule has 0 radical (unpaired) electrons. The number of rotatable bonds is 3. The molecule has 0 saturated heterocycles. The van der Waals surface area contributed by atoms with Crippen molar-refractivity contribution in [2.24, 2.45) is 0 Å². The van der Waals surface area contributed by atoms with Crippen LogP contribution in [0.3, 0.4) is 0 Å². The molecule has 1 atom stereocenters. The Kier molecular flexibility index (Phi) is 4.75. The fourth-order valence-electron chi connectivity index (χ4n) is 4.70.